The fourth-order valence-corrected chi connectivity index (χ4v) is 2.47. The molecule has 0 spiro atoms. The summed E-state index contributed by atoms with van der Waals surface area (Å²) in [4.78, 5) is 21.2. The summed E-state index contributed by atoms with van der Waals surface area (Å²) < 4.78 is 1.90. The average molecular weight is 306 g/mol. The third kappa shape index (κ3) is 3.29. The molecule has 2 aromatic heterocycles. The Balaban J connectivity index is 1.94. The van der Waals surface area contributed by atoms with E-state index in [0.29, 0.717) is 5.69 Å². The van der Waals surface area contributed by atoms with Gasteiger partial charge in [0.15, 0.2) is 0 Å². The predicted octanol–water partition coefficient (Wildman–Crippen LogP) is 2.64. The van der Waals surface area contributed by atoms with E-state index in [1.165, 1.54) is 0 Å². The summed E-state index contributed by atoms with van der Waals surface area (Å²) in [6.07, 6.45) is 3.59. The van der Waals surface area contributed by atoms with Gasteiger partial charge in [-0.05, 0) is 24.6 Å². The first kappa shape index (κ1) is 15.0. The molecule has 5 heteroatoms. The van der Waals surface area contributed by atoms with Crippen LogP contribution < -0.4 is 5.32 Å². The zero-order valence-corrected chi connectivity index (χ0v) is 13.1. The Kier molecular flexibility index (Phi) is 4.19. The second-order valence-electron chi connectivity index (χ2n) is 5.38. The first-order chi connectivity index (χ1) is 11.1. The number of hydrogen-bond donors (Lipinski definition) is 1. The molecule has 23 heavy (non-hydrogen) atoms. The van der Waals surface area contributed by atoms with Crippen molar-refractivity contribution < 1.29 is 4.79 Å². The van der Waals surface area contributed by atoms with Crippen LogP contribution in [0.2, 0.25) is 0 Å². The molecular weight excluding hydrogens is 288 g/mol. The molecule has 0 bridgehead atoms. The molecule has 1 atom stereocenters. The molecule has 0 aliphatic carbocycles. The van der Waals surface area contributed by atoms with E-state index in [0.717, 1.165) is 17.1 Å². The van der Waals surface area contributed by atoms with Crippen molar-refractivity contribution in [3.63, 3.8) is 0 Å². The smallest absolute Gasteiger partial charge is 0.270 e. The van der Waals surface area contributed by atoms with E-state index in [1.807, 2.05) is 67.2 Å². The van der Waals surface area contributed by atoms with Crippen molar-refractivity contribution in [2.24, 2.45) is 7.05 Å². The van der Waals surface area contributed by atoms with Gasteiger partial charge in [-0.2, -0.15) is 0 Å². The number of amides is 1. The van der Waals surface area contributed by atoms with Crippen LogP contribution in [0.4, 0.5) is 0 Å². The number of hydrogen-bond acceptors (Lipinski definition) is 3. The lowest BCUT2D eigenvalue weighted by molar-refractivity contribution is 0.0936. The van der Waals surface area contributed by atoms with Crippen molar-refractivity contribution in [3.05, 3.63) is 83.7 Å². The van der Waals surface area contributed by atoms with Gasteiger partial charge in [-0.15, -0.1) is 0 Å². The Bertz CT molecular complexity index is 811. The van der Waals surface area contributed by atoms with E-state index in [9.17, 15) is 4.79 Å². The number of carbonyl (C=O) groups is 1. The minimum absolute atomic E-state index is 0.217. The van der Waals surface area contributed by atoms with E-state index in [1.54, 1.807) is 12.3 Å². The largest absolute Gasteiger partial charge is 0.337 e. The first-order valence-electron chi connectivity index (χ1n) is 7.42. The standard InChI is InChI=1S/C18H18N4O/c1-13-7-6-10-15(20-13)18(23)21-16(14-8-4-3-5-9-14)17-19-11-12-22(17)2/h3-12,16H,1-2H3,(H,21,23)/t16-/m0/s1. The van der Waals surface area contributed by atoms with E-state index >= 15 is 0 Å². The van der Waals surface area contributed by atoms with Crippen molar-refractivity contribution in [1.29, 1.82) is 0 Å². The molecule has 1 N–H and O–H groups in total. The molecule has 0 saturated carbocycles. The van der Waals surface area contributed by atoms with Crippen LogP contribution in [0.5, 0.6) is 0 Å². The number of pyridine rings is 1. The lowest BCUT2D eigenvalue weighted by Crippen LogP contribution is -2.31. The number of aryl methyl sites for hydroxylation is 2. The van der Waals surface area contributed by atoms with Gasteiger partial charge < -0.3 is 9.88 Å². The number of nitrogens with one attached hydrogen (secondary N) is 1. The molecule has 0 aliphatic heterocycles. The number of imidazole rings is 1. The van der Waals surface area contributed by atoms with Gasteiger partial charge in [-0.1, -0.05) is 36.4 Å². The van der Waals surface area contributed by atoms with Crippen LogP contribution in [0.15, 0.2) is 60.9 Å². The van der Waals surface area contributed by atoms with Crippen LogP contribution in [-0.2, 0) is 7.05 Å². The van der Waals surface area contributed by atoms with Gasteiger partial charge in [-0.25, -0.2) is 9.97 Å². The fourth-order valence-electron chi connectivity index (χ4n) is 2.47. The summed E-state index contributed by atoms with van der Waals surface area (Å²) >= 11 is 0. The quantitative estimate of drug-likeness (QED) is 0.806. The molecule has 1 aromatic carbocycles. The second-order valence-corrected chi connectivity index (χ2v) is 5.38. The molecule has 3 aromatic rings. The number of rotatable bonds is 4. The number of nitrogens with zero attached hydrogens (tertiary/aromatic N) is 3. The van der Waals surface area contributed by atoms with Crippen LogP contribution in [0.1, 0.15) is 33.6 Å². The fraction of sp³-hybridized carbons (Fsp3) is 0.167. The molecule has 0 radical (unpaired) electrons. The second kappa shape index (κ2) is 6.44. The predicted molar refractivity (Wildman–Crippen MR) is 87.9 cm³/mol. The minimum Gasteiger partial charge on any atom is -0.337 e. The van der Waals surface area contributed by atoms with Crippen LogP contribution in [0, 0.1) is 6.92 Å². The molecule has 2 heterocycles. The van der Waals surface area contributed by atoms with Crippen LogP contribution >= 0.6 is 0 Å². The van der Waals surface area contributed by atoms with E-state index in [4.69, 9.17) is 0 Å². The van der Waals surface area contributed by atoms with Gasteiger partial charge in [0.25, 0.3) is 5.91 Å². The summed E-state index contributed by atoms with van der Waals surface area (Å²) in [5.41, 5.74) is 2.19. The van der Waals surface area contributed by atoms with E-state index in [2.05, 4.69) is 15.3 Å². The molecule has 3 rings (SSSR count). The lowest BCUT2D eigenvalue weighted by Gasteiger charge is -2.19. The topological polar surface area (TPSA) is 59.8 Å². The van der Waals surface area contributed by atoms with Crippen molar-refractivity contribution in [3.8, 4) is 0 Å². The van der Waals surface area contributed by atoms with Crippen LogP contribution in [-0.4, -0.2) is 20.4 Å². The number of carbonyl (C=O) groups excluding carboxylic acids is 1. The number of aromatic nitrogens is 3. The SMILES string of the molecule is Cc1cccc(C(=O)N[C@@H](c2ccccc2)c2nccn2C)n1. The highest BCUT2D eigenvalue weighted by Crippen LogP contribution is 2.20. The molecular formula is C18H18N4O. The van der Waals surface area contributed by atoms with Crippen molar-refractivity contribution >= 4 is 5.91 Å². The first-order valence-corrected chi connectivity index (χ1v) is 7.42. The maximum absolute atomic E-state index is 12.6. The molecule has 0 unspecified atom stereocenters. The van der Waals surface area contributed by atoms with Crippen molar-refractivity contribution in [1.82, 2.24) is 19.9 Å². The van der Waals surface area contributed by atoms with Crippen LogP contribution in [0.25, 0.3) is 0 Å². The zero-order valence-electron chi connectivity index (χ0n) is 13.1. The highest BCUT2D eigenvalue weighted by Gasteiger charge is 2.21. The van der Waals surface area contributed by atoms with Gasteiger partial charge in [-0.3, -0.25) is 4.79 Å². The van der Waals surface area contributed by atoms with Gasteiger partial charge >= 0.3 is 0 Å². The van der Waals surface area contributed by atoms with Gasteiger partial charge in [0.1, 0.15) is 17.6 Å². The third-order valence-corrected chi connectivity index (χ3v) is 3.65. The average Bonchev–Trinajstić information content (AvgIpc) is 2.99. The van der Waals surface area contributed by atoms with Gasteiger partial charge in [0.2, 0.25) is 0 Å². The minimum atomic E-state index is -0.328. The highest BCUT2D eigenvalue weighted by molar-refractivity contribution is 5.92. The van der Waals surface area contributed by atoms with Crippen molar-refractivity contribution in [2.45, 2.75) is 13.0 Å². The van der Waals surface area contributed by atoms with Gasteiger partial charge in [0, 0.05) is 25.1 Å². The zero-order chi connectivity index (χ0) is 16.2. The van der Waals surface area contributed by atoms with Gasteiger partial charge in [0.05, 0.1) is 0 Å². The summed E-state index contributed by atoms with van der Waals surface area (Å²) in [5, 5.41) is 3.04. The lowest BCUT2D eigenvalue weighted by atomic mass is 10.1. The Labute approximate surface area is 135 Å². The summed E-state index contributed by atoms with van der Waals surface area (Å²) in [7, 11) is 1.91. The summed E-state index contributed by atoms with van der Waals surface area (Å²) in [5.74, 6) is 0.558. The molecule has 0 saturated heterocycles. The maximum atomic E-state index is 12.6. The Morgan fingerprint density at radius 2 is 1.91 bits per heavy atom. The van der Waals surface area contributed by atoms with E-state index in [-0.39, 0.29) is 11.9 Å². The maximum Gasteiger partial charge on any atom is 0.270 e. The highest BCUT2D eigenvalue weighted by atomic mass is 16.1. The third-order valence-electron chi connectivity index (χ3n) is 3.65. The molecule has 0 fully saturated rings. The summed E-state index contributed by atoms with van der Waals surface area (Å²) in [6.45, 7) is 1.87. The molecule has 0 aliphatic rings. The normalized spacial score (nSPS) is 11.9. The molecule has 1 amide bonds. The van der Waals surface area contributed by atoms with Crippen LogP contribution in [0.3, 0.4) is 0 Å². The molecule has 5 nitrogen and oxygen atoms in total. The molecule has 116 valence electrons. The monoisotopic (exact) mass is 306 g/mol. The number of benzene rings is 1. The Morgan fingerprint density at radius 3 is 2.57 bits per heavy atom. The Morgan fingerprint density at radius 1 is 1.13 bits per heavy atom. The Hall–Kier alpha value is -2.95. The summed E-state index contributed by atoms with van der Waals surface area (Å²) in [6, 6.07) is 14.9. The van der Waals surface area contributed by atoms with Crippen molar-refractivity contribution in [2.75, 3.05) is 0 Å². The van der Waals surface area contributed by atoms with E-state index < -0.39 is 0 Å².